The predicted molar refractivity (Wildman–Crippen MR) is 97.1 cm³/mol. The minimum absolute atomic E-state index is 0. The first-order valence-electron chi connectivity index (χ1n) is 8.72. The second-order valence-corrected chi connectivity index (χ2v) is 7.31. The number of nitrogens with zero attached hydrogens (tertiary/aromatic N) is 2. The lowest BCUT2D eigenvalue weighted by Crippen LogP contribution is -3.00. The van der Waals surface area contributed by atoms with Crippen molar-refractivity contribution in [3.05, 3.63) is 42.0 Å². The second-order valence-electron chi connectivity index (χ2n) is 7.31. The lowest BCUT2D eigenvalue weighted by Gasteiger charge is -2.38. The Hall–Kier alpha value is -1.59. The highest BCUT2D eigenvalue weighted by Gasteiger charge is 2.28. The SMILES string of the molecule is CN(C)C(=O)Oc1ccc2ccccc2c1C[N+]1(C)CCCCC1.[Br-]. The maximum absolute atomic E-state index is 12.1. The van der Waals surface area contributed by atoms with E-state index in [2.05, 4.69) is 31.3 Å². The summed E-state index contributed by atoms with van der Waals surface area (Å²) in [5, 5.41) is 2.38. The maximum Gasteiger partial charge on any atom is 0.414 e. The summed E-state index contributed by atoms with van der Waals surface area (Å²) in [6.07, 6.45) is 3.54. The second kappa shape index (κ2) is 8.19. The topological polar surface area (TPSA) is 29.5 Å². The first-order valence-corrected chi connectivity index (χ1v) is 8.72. The molecule has 0 radical (unpaired) electrons. The zero-order chi connectivity index (χ0) is 17.2. The molecule has 0 atom stereocenters. The minimum Gasteiger partial charge on any atom is -1.00 e. The van der Waals surface area contributed by atoms with Gasteiger partial charge in [-0.2, -0.15) is 0 Å². The molecule has 0 bridgehead atoms. The highest BCUT2D eigenvalue weighted by Crippen LogP contribution is 2.32. The Kier molecular flexibility index (Phi) is 6.47. The zero-order valence-electron chi connectivity index (χ0n) is 15.3. The number of piperidine rings is 1. The summed E-state index contributed by atoms with van der Waals surface area (Å²) in [5.41, 5.74) is 1.15. The molecule has 2 aromatic carbocycles. The van der Waals surface area contributed by atoms with Crippen molar-refractivity contribution in [2.24, 2.45) is 0 Å². The lowest BCUT2D eigenvalue weighted by molar-refractivity contribution is -0.926. The lowest BCUT2D eigenvalue weighted by atomic mass is 10.0. The van der Waals surface area contributed by atoms with E-state index >= 15 is 0 Å². The van der Waals surface area contributed by atoms with Crippen LogP contribution in [0, 0.1) is 0 Å². The van der Waals surface area contributed by atoms with Crippen LogP contribution in [0.2, 0.25) is 0 Å². The smallest absolute Gasteiger partial charge is 0.414 e. The number of quaternary nitrogens is 1. The normalized spacial score (nSPS) is 16.1. The number of hydrogen-bond acceptors (Lipinski definition) is 2. The molecule has 25 heavy (non-hydrogen) atoms. The molecule has 1 amide bonds. The number of hydrogen-bond donors (Lipinski definition) is 0. The highest BCUT2D eigenvalue weighted by atomic mass is 79.9. The molecule has 5 heteroatoms. The molecule has 1 saturated heterocycles. The van der Waals surface area contributed by atoms with Crippen LogP contribution in [0.25, 0.3) is 10.8 Å². The molecule has 1 heterocycles. The van der Waals surface area contributed by atoms with E-state index in [-0.39, 0.29) is 23.1 Å². The largest absolute Gasteiger partial charge is 1.00 e. The van der Waals surface area contributed by atoms with Gasteiger partial charge in [-0.15, -0.1) is 0 Å². The summed E-state index contributed by atoms with van der Waals surface area (Å²) in [7, 11) is 5.74. The van der Waals surface area contributed by atoms with Crippen molar-refractivity contribution >= 4 is 16.9 Å². The van der Waals surface area contributed by atoms with Crippen molar-refractivity contribution in [3.63, 3.8) is 0 Å². The zero-order valence-corrected chi connectivity index (χ0v) is 16.9. The summed E-state index contributed by atoms with van der Waals surface area (Å²) in [5.74, 6) is 0.692. The first-order chi connectivity index (χ1) is 11.5. The van der Waals surface area contributed by atoms with Crippen molar-refractivity contribution in [1.29, 1.82) is 0 Å². The van der Waals surface area contributed by atoms with Gasteiger partial charge in [0.25, 0.3) is 0 Å². The van der Waals surface area contributed by atoms with Crippen LogP contribution in [0.4, 0.5) is 4.79 Å². The van der Waals surface area contributed by atoms with E-state index < -0.39 is 0 Å². The number of halogens is 1. The summed E-state index contributed by atoms with van der Waals surface area (Å²) < 4.78 is 6.69. The Morgan fingerprint density at radius 2 is 1.76 bits per heavy atom. The molecular formula is C20H27BrN2O2. The Bertz CT molecular complexity index is 740. The molecule has 0 aromatic heterocycles. The Morgan fingerprint density at radius 3 is 2.44 bits per heavy atom. The fourth-order valence-corrected chi connectivity index (χ4v) is 3.58. The van der Waals surface area contributed by atoms with E-state index in [4.69, 9.17) is 4.74 Å². The number of likely N-dealkylation sites (tertiary alicyclic amines) is 1. The van der Waals surface area contributed by atoms with Gasteiger partial charge in [-0.05, 0) is 36.1 Å². The fourth-order valence-electron chi connectivity index (χ4n) is 3.58. The van der Waals surface area contributed by atoms with E-state index in [1.807, 2.05) is 12.1 Å². The molecule has 4 nitrogen and oxygen atoms in total. The molecule has 136 valence electrons. The third-order valence-corrected chi connectivity index (χ3v) is 5.00. The van der Waals surface area contributed by atoms with Gasteiger partial charge in [0.05, 0.1) is 25.7 Å². The quantitative estimate of drug-likeness (QED) is 0.712. The molecule has 1 fully saturated rings. The number of benzene rings is 2. The van der Waals surface area contributed by atoms with Crippen molar-refractivity contribution in [1.82, 2.24) is 4.90 Å². The van der Waals surface area contributed by atoms with Crippen LogP contribution >= 0.6 is 0 Å². The van der Waals surface area contributed by atoms with Crippen LogP contribution in [-0.2, 0) is 6.54 Å². The van der Waals surface area contributed by atoms with Gasteiger partial charge in [0.2, 0.25) is 0 Å². The van der Waals surface area contributed by atoms with Crippen molar-refractivity contribution < 1.29 is 31.0 Å². The van der Waals surface area contributed by atoms with Gasteiger partial charge in [-0.1, -0.05) is 30.3 Å². The van der Waals surface area contributed by atoms with E-state index in [0.717, 1.165) is 16.6 Å². The maximum atomic E-state index is 12.1. The van der Waals surface area contributed by atoms with Gasteiger partial charge in [0.1, 0.15) is 12.3 Å². The van der Waals surface area contributed by atoms with Gasteiger partial charge in [-0.25, -0.2) is 4.79 Å². The molecule has 0 spiro atoms. The van der Waals surface area contributed by atoms with Crippen LogP contribution in [0.1, 0.15) is 24.8 Å². The average Bonchev–Trinajstić information content (AvgIpc) is 2.57. The molecule has 1 aliphatic heterocycles. The molecule has 3 rings (SSSR count). The molecular weight excluding hydrogens is 380 g/mol. The number of carbonyl (C=O) groups excluding carboxylic acids is 1. The third-order valence-electron chi connectivity index (χ3n) is 5.00. The van der Waals surface area contributed by atoms with Gasteiger partial charge in [0.15, 0.2) is 0 Å². The molecule has 2 aromatic rings. The van der Waals surface area contributed by atoms with Crippen molar-refractivity contribution in [2.75, 3.05) is 34.2 Å². The van der Waals surface area contributed by atoms with Crippen molar-refractivity contribution in [3.8, 4) is 5.75 Å². The number of carbonyl (C=O) groups is 1. The summed E-state index contributed by atoms with van der Waals surface area (Å²) in [6, 6.07) is 12.3. The Balaban J connectivity index is 0.00000225. The Morgan fingerprint density at radius 1 is 1.08 bits per heavy atom. The van der Waals surface area contributed by atoms with Crippen LogP contribution in [0.3, 0.4) is 0 Å². The number of fused-ring (bicyclic) bond motifs is 1. The molecule has 0 N–H and O–H groups in total. The third kappa shape index (κ3) is 4.53. The standard InChI is InChI=1S/C20H27N2O2.BrH/c1-21(2)20(23)24-19-12-11-16-9-5-6-10-17(16)18(19)15-22(3)13-7-4-8-14-22;/h5-6,9-12H,4,7-8,13-15H2,1-3H3;1H/q+1;/p-1. The number of rotatable bonds is 3. The Labute approximate surface area is 160 Å². The van der Waals surface area contributed by atoms with Gasteiger partial charge in [-0.3, -0.25) is 0 Å². The summed E-state index contributed by atoms with van der Waals surface area (Å²) >= 11 is 0. The van der Waals surface area contributed by atoms with Gasteiger partial charge in [0, 0.05) is 14.1 Å². The van der Waals surface area contributed by atoms with Gasteiger partial charge >= 0.3 is 6.09 Å². The monoisotopic (exact) mass is 406 g/mol. The average molecular weight is 407 g/mol. The minimum atomic E-state index is -0.326. The van der Waals surface area contributed by atoms with E-state index in [9.17, 15) is 4.79 Å². The summed E-state index contributed by atoms with van der Waals surface area (Å²) in [4.78, 5) is 13.5. The fraction of sp³-hybridized carbons (Fsp3) is 0.450. The molecule has 0 saturated carbocycles. The first kappa shape index (κ1) is 19.7. The van der Waals surface area contributed by atoms with Crippen LogP contribution in [0.15, 0.2) is 36.4 Å². The number of ether oxygens (including phenoxy) is 1. The summed E-state index contributed by atoms with van der Waals surface area (Å²) in [6.45, 7) is 3.27. The molecule has 1 aliphatic rings. The van der Waals surface area contributed by atoms with Gasteiger partial charge < -0.3 is 31.1 Å². The molecule has 0 aliphatic carbocycles. The van der Waals surface area contributed by atoms with Crippen LogP contribution in [-0.4, -0.2) is 49.7 Å². The molecule has 0 unspecified atom stereocenters. The predicted octanol–water partition coefficient (Wildman–Crippen LogP) is 1.03. The highest BCUT2D eigenvalue weighted by molar-refractivity contribution is 5.88. The van der Waals surface area contributed by atoms with Crippen LogP contribution < -0.4 is 21.7 Å². The van der Waals surface area contributed by atoms with Crippen molar-refractivity contribution in [2.45, 2.75) is 25.8 Å². The number of amides is 1. The van der Waals surface area contributed by atoms with Crippen LogP contribution in [0.5, 0.6) is 5.75 Å². The van der Waals surface area contributed by atoms with E-state index in [1.54, 1.807) is 14.1 Å². The van der Waals surface area contributed by atoms with E-state index in [0.29, 0.717) is 5.75 Å². The van der Waals surface area contributed by atoms with E-state index in [1.165, 1.54) is 48.0 Å².